The van der Waals surface area contributed by atoms with E-state index in [4.69, 9.17) is 0 Å². The lowest BCUT2D eigenvalue weighted by molar-refractivity contribution is 0.0278. The van der Waals surface area contributed by atoms with Crippen LogP contribution in [0.1, 0.15) is 71.1 Å². The van der Waals surface area contributed by atoms with Crippen molar-refractivity contribution in [3.8, 4) is 0 Å². The van der Waals surface area contributed by atoms with Crippen LogP contribution in [0.5, 0.6) is 0 Å². The van der Waals surface area contributed by atoms with E-state index in [9.17, 15) is 0 Å². The minimum absolute atomic E-state index is 0.886. The van der Waals surface area contributed by atoms with Gasteiger partial charge in [-0.25, -0.2) is 0 Å². The third kappa shape index (κ3) is 1.74. The summed E-state index contributed by atoms with van der Waals surface area (Å²) in [5.74, 6) is 3.43. The Kier molecular flexibility index (Phi) is 2.57. The van der Waals surface area contributed by atoms with Crippen molar-refractivity contribution in [1.82, 2.24) is 0 Å². The van der Waals surface area contributed by atoms with Gasteiger partial charge in [0.15, 0.2) is 0 Å². The molecule has 0 amide bonds. The van der Waals surface area contributed by atoms with Crippen molar-refractivity contribution >= 4 is 0 Å². The van der Waals surface area contributed by atoms with Gasteiger partial charge < -0.3 is 0 Å². The van der Waals surface area contributed by atoms with E-state index in [1.54, 1.807) is 44.9 Å². The molecule has 0 radical (unpaired) electrons. The Morgan fingerprint density at radius 3 is 2.33 bits per heavy atom. The van der Waals surface area contributed by atoms with Gasteiger partial charge >= 0.3 is 0 Å². The number of hydrogen-bond donors (Lipinski definition) is 0. The second-order valence-electron chi connectivity index (χ2n) is 6.55. The van der Waals surface area contributed by atoms with E-state index in [2.05, 4.69) is 6.92 Å². The van der Waals surface area contributed by atoms with Crippen LogP contribution in [0, 0.1) is 23.2 Å². The van der Waals surface area contributed by atoms with Gasteiger partial charge in [-0.2, -0.15) is 0 Å². The van der Waals surface area contributed by atoms with E-state index in [1.165, 1.54) is 19.3 Å². The van der Waals surface area contributed by atoms with Crippen LogP contribution < -0.4 is 0 Å². The molecule has 0 heterocycles. The highest BCUT2D eigenvalue weighted by atomic mass is 14.5. The van der Waals surface area contributed by atoms with Gasteiger partial charge in [-0.05, 0) is 68.1 Å². The lowest BCUT2D eigenvalue weighted by atomic mass is 9.57. The van der Waals surface area contributed by atoms with Crippen LogP contribution in [0.15, 0.2) is 0 Å². The lowest BCUT2D eigenvalue weighted by Crippen LogP contribution is -2.37. The summed E-state index contributed by atoms with van der Waals surface area (Å²) in [6, 6.07) is 0. The zero-order valence-electron chi connectivity index (χ0n) is 10.3. The molecule has 0 aromatic rings. The number of hydrogen-bond acceptors (Lipinski definition) is 0. The number of rotatable bonds is 4. The minimum atomic E-state index is 0.886. The molecule has 0 aromatic carbocycles. The average molecular weight is 206 g/mol. The Labute approximate surface area is 94.8 Å². The van der Waals surface area contributed by atoms with Crippen LogP contribution in [0.4, 0.5) is 0 Å². The zero-order chi connectivity index (χ0) is 10.3. The van der Waals surface area contributed by atoms with Crippen LogP contribution >= 0.6 is 0 Å². The van der Waals surface area contributed by atoms with E-state index in [1.807, 2.05) is 0 Å². The summed E-state index contributed by atoms with van der Waals surface area (Å²) >= 11 is 0. The van der Waals surface area contributed by atoms with Crippen molar-refractivity contribution in [1.29, 1.82) is 0 Å². The van der Waals surface area contributed by atoms with Crippen molar-refractivity contribution in [2.45, 2.75) is 71.1 Å². The largest absolute Gasteiger partial charge is 0.0651 e. The monoisotopic (exact) mass is 206 g/mol. The Morgan fingerprint density at radius 2 is 1.80 bits per heavy atom. The molecule has 0 heteroatoms. The summed E-state index contributed by atoms with van der Waals surface area (Å²) < 4.78 is 0. The quantitative estimate of drug-likeness (QED) is 0.621. The first-order valence-electron chi connectivity index (χ1n) is 7.34. The van der Waals surface area contributed by atoms with Crippen LogP contribution in [-0.4, -0.2) is 0 Å². The van der Waals surface area contributed by atoms with Gasteiger partial charge in [-0.3, -0.25) is 0 Å². The van der Waals surface area contributed by atoms with E-state index < -0.39 is 0 Å². The van der Waals surface area contributed by atoms with Gasteiger partial charge in [0, 0.05) is 0 Å². The fourth-order valence-electron chi connectivity index (χ4n) is 4.52. The maximum atomic E-state index is 2.37. The molecule has 3 fully saturated rings. The molecule has 0 aromatic heterocycles. The molecule has 15 heavy (non-hydrogen) atoms. The summed E-state index contributed by atoms with van der Waals surface area (Å²) in [5.41, 5.74) is 0.886. The molecule has 3 rings (SSSR count). The van der Waals surface area contributed by atoms with E-state index >= 15 is 0 Å². The maximum Gasteiger partial charge on any atom is -0.0269 e. The summed E-state index contributed by atoms with van der Waals surface area (Å²) in [7, 11) is 0. The average Bonchev–Trinajstić information content (AvgIpc) is 2.79. The van der Waals surface area contributed by atoms with Gasteiger partial charge in [-0.15, -0.1) is 0 Å². The zero-order valence-corrected chi connectivity index (χ0v) is 10.3. The molecule has 0 nitrogen and oxygen atoms in total. The highest BCUT2D eigenvalue weighted by molar-refractivity contribution is 4.99. The Morgan fingerprint density at radius 1 is 1.00 bits per heavy atom. The molecule has 3 aliphatic rings. The molecule has 86 valence electrons. The first-order valence-corrected chi connectivity index (χ1v) is 7.34. The van der Waals surface area contributed by atoms with E-state index in [0.717, 1.165) is 23.2 Å². The molecule has 0 bridgehead atoms. The van der Waals surface area contributed by atoms with Crippen molar-refractivity contribution in [2.24, 2.45) is 23.2 Å². The van der Waals surface area contributed by atoms with Crippen LogP contribution in [0.25, 0.3) is 0 Å². The van der Waals surface area contributed by atoms with Crippen LogP contribution in [0.3, 0.4) is 0 Å². The predicted molar refractivity (Wildman–Crippen MR) is 64.7 cm³/mol. The highest BCUT2D eigenvalue weighted by Crippen LogP contribution is 2.59. The van der Waals surface area contributed by atoms with Crippen molar-refractivity contribution < 1.29 is 0 Å². The van der Waals surface area contributed by atoms with E-state index in [-0.39, 0.29) is 0 Å². The fourth-order valence-corrected chi connectivity index (χ4v) is 4.52. The van der Waals surface area contributed by atoms with Gasteiger partial charge in [-0.1, -0.05) is 26.2 Å². The molecule has 3 atom stereocenters. The molecule has 3 saturated carbocycles. The molecular weight excluding hydrogens is 180 g/mol. The molecule has 3 aliphatic carbocycles. The first kappa shape index (κ1) is 10.2. The normalized spacial score (nSPS) is 41.8. The summed E-state index contributed by atoms with van der Waals surface area (Å²) in [4.78, 5) is 0. The standard InChI is InChI=1S/C15H26/c1-2-12-11-13(12)5-6-14-7-10-15(14)8-3-4-9-15/h12-14H,2-11H2,1H3/t12-,13-,14?/m0/s1. The predicted octanol–water partition coefficient (Wildman–Crippen LogP) is 4.78. The summed E-state index contributed by atoms with van der Waals surface area (Å²) in [5, 5.41) is 0. The third-order valence-electron chi connectivity index (χ3n) is 5.94. The lowest BCUT2D eigenvalue weighted by Gasteiger charge is -2.48. The topological polar surface area (TPSA) is 0 Å². The first-order chi connectivity index (χ1) is 7.34. The molecule has 1 unspecified atom stereocenters. The van der Waals surface area contributed by atoms with Gasteiger partial charge in [0.1, 0.15) is 0 Å². The van der Waals surface area contributed by atoms with Crippen molar-refractivity contribution in [2.75, 3.05) is 0 Å². The van der Waals surface area contributed by atoms with Crippen LogP contribution in [0.2, 0.25) is 0 Å². The second kappa shape index (κ2) is 3.79. The third-order valence-corrected chi connectivity index (χ3v) is 5.94. The Bertz CT molecular complexity index is 224. The SMILES string of the molecule is CC[C@H]1C[C@@H]1CCC1CCC12CCCC2. The Hall–Kier alpha value is 0. The molecule has 0 N–H and O–H groups in total. The molecule has 0 aliphatic heterocycles. The molecular formula is C15H26. The van der Waals surface area contributed by atoms with Gasteiger partial charge in [0.2, 0.25) is 0 Å². The second-order valence-corrected chi connectivity index (χ2v) is 6.55. The van der Waals surface area contributed by atoms with Crippen molar-refractivity contribution in [3.05, 3.63) is 0 Å². The van der Waals surface area contributed by atoms with Gasteiger partial charge in [0.05, 0.1) is 0 Å². The Balaban J connectivity index is 1.44. The molecule has 1 spiro atoms. The summed E-state index contributed by atoms with van der Waals surface area (Å²) in [6.45, 7) is 2.37. The van der Waals surface area contributed by atoms with Gasteiger partial charge in [0.25, 0.3) is 0 Å². The fraction of sp³-hybridized carbons (Fsp3) is 1.00. The maximum absolute atomic E-state index is 2.37. The summed E-state index contributed by atoms with van der Waals surface area (Å²) in [6.07, 6.45) is 15.6. The van der Waals surface area contributed by atoms with E-state index in [0.29, 0.717) is 0 Å². The van der Waals surface area contributed by atoms with Crippen LogP contribution in [-0.2, 0) is 0 Å². The molecule has 0 saturated heterocycles. The van der Waals surface area contributed by atoms with Crippen molar-refractivity contribution in [3.63, 3.8) is 0 Å². The smallest absolute Gasteiger partial charge is 0.0269 e. The highest BCUT2D eigenvalue weighted by Gasteiger charge is 2.48. The minimum Gasteiger partial charge on any atom is -0.0651 e.